The highest BCUT2D eigenvalue weighted by molar-refractivity contribution is 7.29. The molecule has 1 unspecified atom stereocenters. The van der Waals surface area contributed by atoms with Gasteiger partial charge in [-0.3, -0.25) is 0 Å². The van der Waals surface area contributed by atoms with Crippen molar-refractivity contribution in [2.45, 2.75) is 43.8 Å². The largest absolute Gasteiger partial charge is 0.167 e. The summed E-state index contributed by atoms with van der Waals surface area (Å²) in [4.78, 5) is 0. The molecule has 0 aliphatic carbocycles. The van der Waals surface area contributed by atoms with Gasteiger partial charge in [-0.15, -0.1) is 11.6 Å². The van der Waals surface area contributed by atoms with Crippen molar-refractivity contribution in [1.82, 2.24) is 0 Å². The van der Waals surface area contributed by atoms with Crippen molar-refractivity contribution in [3.8, 4) is 0 Å². The number of alkyl halides is 1. The van der Waals surface area contributed by atoms with Crippen LogP contribution in [0.4, 0.5) is 0 Å². The van der Waals surface area contributed by atoms with Gasteiger partial charge in [0.25, 0.3) is 0 Å². The first-order valence-electron chi connectivity index (χ1n) is 3.88. The predicted molar refractivity (Wildman–Crippen MR) is 60.9 cm³/mol. The molecule has 0 heterocycles. The standard InChI is InChI=1S/C7H18Cl2Si2/c1-7(8,10(2,3)4)11(5,6)9/h1-6H3. The minimum absolute atomic E-state index is 0.110. The van der Waals surface area contributed by atoms with Crippen LogP contribution in [-0.4, -0.2) is 19.6 Å². The van der Waals surface area contributed by atoms with Crippen LogP contribution in [0.1, 0.15) is 6.92 Å². The van der Waals surface area contributed by atoms with Crippen LogP contribution in [0.5, 0.6) is 0 Å². The molecule has 68 valence electrons. The molecular weight excluding hydrogens is 211 g/mol. The molecule has 0 radical (unpaired) electrons. The molecule has 0 saturated carbocycles. The summed E-state index contributed by atoms with van der Waals surface area (Å²) in [5.41, 5.74) is 0. The molecule has 1 atom stereocenters. The first-order valence-corrected chi connectivity index (χ1v) is 11.8. The Morgan fingerprint density at radius 2 is 1.27 bits per heavy atom. The summed E-state index contributed by atoms with van der Waals surface area (Å²) in [7, 11) is -3.05. The van der Waals surface area contributed by atoms with Gasteiger partial charge in [0.15, 0.2) is 7.38 Å². The molecule has 0 saturated heterocycles. The zero-order valence-electron chi connectivity index (χ0n) is 8.26. The molecule has 0 fully saturated rings. The van der Waals surface area contributed by atoms with Crippen molar-refractivity contribution >= 4 is 38.1 Å². The Kier molecular flexibility index (Phi) is 3.34. The van der Waals surface area contributed by atoms with Crippen LogP contribution in [0.25, 0.3) is 0 Å². The van der Waals surface area contributed by atoms with E-state index in [1.807, 2.05) is 0 Å². The fraction of sp³-hybridized carbons (Fsp3) is 1.00. The van der Waals surface area contributed by atoms with Gasteiger partial charge in [0.05, 0.1) is 8.07 Å². The van der Waals surface area contributed by atoms with Crippen LogP contribution in [-0.2, 0) is 0 Å². The Labute approximate surface area is 82.0 Å². The van der Waals surface area contributed by atoms with E-state index in [2.05, 4.69) is 39.7 Å². The van der Waals surface area contributed by atoms with Gasteiger partial charge in [0.2, 0.25) is 0 Å². The molecule has 4 heteroatoms. The van der Waals surface area contributed by atoms with Crippen LogP contribution in [0, 0.1) is 0 Å². The summed E-state index contributed by atoms with van der Waals surface area (Å²) in [5.74, 6) is 0. The fourth-order valence-electron chi connectivity index (χ4n) is 0.892. The second kappa shape index (κ2) is 3.05. The number of rotatable bonds is 2. The zero-order valence-corrected chi connectivity index (χ0v) is 11.8. The highest BCUT2D eigenvalue weighted by Gasteiger charge is 2.49. The zero-order chi connectivity index (χ0) is 9.50. The summed E-state index contributed by atoms with van der Waals surface area (Å²) >= 11 is 12.8. The van der Waals surface area contributed by atoms with Gasteiger partial charge in [0.1, 0.15) is 0 Å². The number of halogens is 2. The molecule has 0 aromatic carbocycles. The van der Waals surface area contributed by atoms with Gasteiger partial charge in [-0.1, -0.05) is 32.7 Å². The van der Waals surface area contributed by atoms with Crippen molar-refractivity contribution in [1.29, 1.82) is 0 Å². The second-order valence-electron chi connectivity index (χ2n) is 4.73. The molecule has 0 aliphatic rings. The molecular formula is C7H18Cl2Si2. The van der Waals surface area contributed by atoms with Crippen LogP contribution in [0.3, 0.4) is 0 Å². The topological polar surface area (TPSA) is 0 Å². The van der Waals surface area contributed by atoms with Gasteiger partial charge in [-0.2, -0.15) is 11.1 Å². The lowest BCUT2D eigenvalue weighted by molar-refractivity contribution is 1.12. The molecule has 0 aliphatic heterocycles. The monoisotopic (exact) mass is 228 g/mol. The van der Waals surface area contributed by atoms with Gasteiger partial charge >= 0.3 is 0 Å². The molecule has 0 nitrogen and oxygen atoms in total. The highest BCUT2D eigenvalue weighted by Crippen LogP contribution is 2.38. The van der Waals surface area contributed by atoms with E-state index in [4.69, 9.17) is 22.7 Å². The summed E-state index contributed by atoms with van der Waals surface area (Å²) in [5, 5.41) is 0. The average molecular weight is 229 g/mol. The molecule has 0 aromatic rings. The Bertz CT molecular complexity index is 126. The Morgan fingerprint density at radius 1 is 1.00 bits per heavy atom. The van der Waals surface area contributed by atoms with E-state index < -0.39 is 15.5 Å². The maximum absolute atomic E-state index is 6.48. The summed E-state index contributed by atoms with van der Waals surface area (Å²) < 4.78 is -0.110. The average Bonchev–Trinajstić information content (AvgIpc) is 1.58. The van der Waals surface area contributed by atoms with E-state index in [0.717, 1.165) is 0 Å². The normalized spacial score (nSPS) is 19.6. The number of hydrogen-bond donors (Lipinski definition) is 0. The first-order chi connectivity index (χ1) is 4.50. The smallest absolute Gasteiger partial charge is 0.166 e. The van der Waals surface area contributed by atoms with Crippen LogP contribution < -0.4 is 0 Å². The summed E-state index contributed by atoms with van der Waals surface area (Å²) in [6.45, 7) is 13.2. The molecule has 0 aromatic heterocycles. The second-order valence-corrected chi connectivity index (χ2v) is 18.9. The number of hydrogen-bond acceptors (Lipinski definition) is 0. The summed E-state index contributed by atoms with van der Waals surface area (Å²) in [6.07, 6.45) is 0. The lowest BCUT2D eigenvalue weighted by Crippen LogP contribution is -2.59. The Hall–Kier alpha value is 1.01. The van der Waals surface area contributed by atoms with Crippen LogP contribution >= 0.6 is 22.7 Å². The van der Waals surface area contributed by atoms with Crippen molar-refractivity contribution in [3.63, 3.8) is 0 Å². The Balaban J connectivity index is 4.75. The van der Waals surface area contributed by atoms with Crippen molar-refractivity contribution in [2.24, 2.45) is 0 Å². The van der Waals surface area contributed by atoms with E-state index in [9.17, 15) is 0 Å². The lowest BCUT2D eigenvalue weighted by Gasteiger charge is -2.42. The molecule has 0 rings (SSSR count). The molecule has 11 heavy (non-hydrogen) atoms. The van der Waals surface area contributed by atoms with Crippen LogP contribution in [0.2, 0.25) is 32.7 Å². The van der Waals surface area contributed by atoms with E-state index in [1.54, 1.807) is 0 Å². The molecule has 0 amide bonds. The minimum atomic E-state index is -1.72. The molecule has 0 spiro atoms. The third kappa shape index (κ3) is 2.48. The van der Waals surface area contributed by atoms with Crippen molar-refractivity contribution in [3.05, 3.63) is 0 Å². The van der Waals surface area contributed by atoms with Crippen molar-refractivity contribution in [2.75, 3.05) is 0 Å². The maximum Gasteiger partial charge on any atom is 0.167 e. The highest BCUT2D eigenvalue weighted by atomic mass is 35.6. The van der Waals surface area contributed by atoms with E-state index in [0.29, 0.717) is 0 Å². The van der Waals surface area contributed by atoms with Crippen molar-refractivity contribution < 1.29 is 0 Å². The lowest BCUT2D eigenvalue weighted by atomic mass is 10.9. The predicted octanol–water partition coefficient (Wildman–Crippen LogP) is 3.84. The van der Waals surface area contributed by atoms with Gasteiger partial charge in [0, 0.05) is 4.12 Å². The third-order valence-electron chi connectivity index (χ3n) is 2.52. The SMILES string of the molecule is CC(Cl)([Si](C)(C)C)[Si](C)(C)Cl. The fourth-order valence-corrected chi connectivity index (χ4v) is 10.6. The molecule has 0 N–H and O–H groups in total. The van der Waals surface area contributed by atoms with E-state index >= 15 is 0 Å². The minimum Gasteiger partial charge on any atom is -0.166 e. The van der Waals surface area contributed by atoms with Crippen LogP contribution in [0.15, 0.2) is 0 Å². The third-order valence-corrected chi connectivity index (χ3v) is 16.7. The van der Waals surface area contributed by atoms with E-state index in [1.165, 1.54) is 0 Å². The summed E-state index contributed by atoms with van der Waals surface area (Å²) in [6, 6.07) is 0. The molecule has 0 bridgehead atoms. The first kappa shape index (κ1) is 12.0. The van der Waals surface area contributed by atoms with Gasteiger partial charge < -0.3 is 0 Å². The van der Waals surface area contributed by atoms with Gasteiger partial charge in [-0.05, 0) is 6.92 Å². The van der Waals surface area contributed by atoms with E-state index in [-0.39, 0.29) is 4.12 Å². The quantitative estimate of drug-likeness (QED) is 0.383. The van der Waals surface area contributed by atoms with Gasteiger partial charge in [-0.25, -0.2) is 0 Å². The Morgan fingerprint density at radius 3 is 1.27 bits per heavy atom. The maximum atomic E-state index is 6.48.